The second-order valence-electron chi connectivity index (χ2n) is 3.33. The Kier molecular flexibility index (Phi) is 2.66. The van der Waals surface area contributed by atoms with Gasteiger partial charge in [0.1, 0.15) is 0 Å². The molecule has 0 fully saturated rings. The molecule has 0 aliphatic heterocycles. The van der Waals surface area contributed by atoms with E-state index in [0.29, 0.717) is 5.56 Å². The number of carbonyl (C=O) groups excluding carboxylic acids is 1. The summed E-state index contributed by atoms with van der Waals surface area (Å²) in [6, 6.07) is 1.87. The first-order valence-corrected chi connectivity index (χ1v) is 4.17. The van der Waals surface area contributed by atoms with E-state index in [9.17, 15) is 4.79 Å². The van der Waals surface area contributed by atoms with Crippen LogP contribution in [0.15, 0.2) is 12.3 Å². The topological polar surface area (TPSA) is 33.2 Å². The highest BCUT2D eigenvalue weighted by Crippen LogP contribution is 2.07. The molecule has 70 valence electrons. The van der Waals surface area contributed by atoms with Gasteiger partial charge in [-0.15, -0.1) is 0 Å². The first kappa shape index (κ1) is 9.71. The summed E-state index contributed by atoms with van der Waals surface area (Å²) >= 11 is 0. The molecule has 3 nitrogen and oxygen atoms in total. The van der Waals surface area contributed by atoms with Crippen molar-refractivity contribution in [1.29, 1.82) is 0 Å². The standard InChI is InChI=1S/C10H14N2O/c1-7-5-9(6-11-8(7)2)10(13)12(3)4/h5-6H,1-4H3. The highest BCUT2D eigenvalue weighted by molar-refractivity contribution is 5.93. The van der Waals surface area contributed by atoms with Gasteiger partial charge in [0.05, 0.1) is 5.56 Å². The van der Waals surface area contributed by atoms with E-state index < -0.39 is 0 Å². The van der Waals surface area contributed by atoms with Crippen molar-refractivity contribution in [3.05, 3.63) is 29.1 Å². The lowest BCUT2D eigenvalue weighted by Gasteiger charge is -2.10. The fourth-order valence-electron chi connectivity index (χ4n) is 1.02. The Hall–Kier alpha value is -1.38. The number of hydrogen-bond donors (Lipinski definition) is 0. The lowest BCUT2D eigenvalue weighted by atomic mass is 10.1. The summed E-state index contributed by atoms with van der Waals surface area (Å²) in [6.45, 7) is 3.88. The second kappa shape index (κ2) is 3.56. The normalized spacial score (nSPS) is 9.85. The molecule has 1 rings (SSSR count). The molecule has 0 aliphatic rings. The molecule has 0 saturated carbocycles. The molecule has 0 N–H and O–H groups in total. The van der Waals surface area contributed by atoms with Gasteiger partial charge in [0.2, 0.25) is 0 Å². The highest BCUT2D eigenvalue weighted by atomic mass is 16.2. The molecule has 0 aliphatic carbocycles. The van der Waals surface area contributed by atoms with Crippen molar-refractivity contribution in [2.75, 3.05) is 14.1 Å². The third kappa shape index (κ3) is 2.05. The molecule has 0 saturated heterocycles. The summed E-state index contributed by atoms with van der Waals surface area (Å²) in [5.74, 6) is -0.00407. The summed E-state index contributed by atoms with van der Waals surface area (Å²) in [4.78, 5) is 17.2. The molecule has 0 bridgehead atoms. The summed E-state index contributed by atoms with van der Waals surface area (Å²) in [7, 11) is 3.47. The first-order valence-electron chi connectivity index (χ1n) is 4.17. The van der Waals surface area contributed by atoms with E-state index in [1.165, 1.54) is 0 Å². The maximum absolute atomic E-state index is 11.5. The van der Waals surface area contributed by atoms with Gasteiger partial charge in [-0.1, -0.05) is 0 Å². The average molecular weight is 178 g/mol. The van der Waals surface area contributed by atoms with Crippen LogP contribution in [-0.2, 0) is 0 Å². The fraction of sp³-hybridized carbons (Fsp3) is 0.400. The Labute approximate surface area is 78.4 Å². The SMILES string of the molecule is Cc1cc(C(=O)N(C)C)cnc1C. The molecular formula is C10H14N2O. The van der Waals surface area contributed by atoms with Gasteiger partial charge in [0.15, 0.2) is 0 Å². The van der Waals surface area contributed by atoms with Crippen LogP contribution in [0.25, 0.3) is 0 Å². The number of aryl methyl sites for hydroxylation is 2. The Bertz CT molecular complexity index is 332. The van der Waals surface area contributed by atoms with Crippen molar-refractivity contribution in [2.24, 2.45) is 0 Å². The zero-order chi connectivity index (χ0) is 10.0. The molecule has 1 aromatic heterocycles. The summed E-state index contributed by atoms with van der Waals surface area (Å²) in [5.41, 5.74) is 2.66. The van der Waals surface area contributed by atoms with E-state index in [-0.39, 0.29) is 5.91 Å². The number of aromatic nitrogens is 1. The van der Waals surface area contributed by atoms with Crippen LogP contribution in [0.2, 0.25) is 0 Å². The number of hydrogen-bond acceptors (Lipinski definition) is 2. The lowest BCUT2D eigenvalue weighted by molar-refractivity contribution is 0.0827. The van der Waals surface area contributed by atoms with Crippen molar-refractivity contribution >= 4 is 5.91 Å². The number of amides is 1. The van der Waals surface area contributed by atoms with E-state index in [1.54, 1.807) is 25.2 Å². The third-order valence-corrected chi connectivity index (χ3v) is 1.99. The van der Waals surface area contributed by atoms with Crippen molar-refractivity contribution < 1.29 is 4.79 Å². The predicted octanol–water partition coefficient (Wildman–Crippen LogP) is 1.40. The minimum Gasteiger partial charge on any atom is -0.345 e. The maximum Gasteiger partial charge on any atom is 0.254 e. The number of pyridine rings is 1. The molecule has 13 heavy (non-hydrogen) atoms. The van der Waals surface area contributed by atoms with Crippen LogP contribution >= 0.6 is 0 Å². The van der Waals surface area contributed by atoms with E-state index in [2.05, 4.69) is 4.98 Å². The molecular weight excluding hydrogens is 164 g/mol. The second-order valence-corrected chi connectivity index (χ2v) is 3.33. The Morgan fingerprint density at radius 2 is 2.00 bits per heavy atom. The van der Waals surface area contributed by atoms with Gasteiger partial charge in [-0.05, 0) is 25.5 Å². The number of nitrogens with zero attached hydrogens (tertiary/aromatic N) is 2. The van der Waals surface area contributed by atoms with E-state index >= 15 is 0 Å². The van der Waals surface area contributed by atoms with Gasteiger partial charge >= 0.3 is 0 Å². The molecule has 0 aromatic carbocycles. The van der Waals surface area contributed by atoms with Gasteiger partial charge < -0.3 is 4.90 Å². The highest BCUT2D eigenvalue weighted by Gasteiger charge is 2.08. The molecule has 3 heteroatoms. The van der Waals surface area contributed by atoms with Crippen LogP contribution in [0, 0.1) is 13.8 Å². The fourth-order valence-corrected chi connectivity index (χ4v) is 1.02. The zero-order valence-corrected chi connectivity index (χ0v) is 8.46. The van der Waals surface area contributed by atoms with Gasteiger partial charge in [0, 0.05) is 26.0 Å². The summed E-state index contributed by atoms with van der Waals surface area (Å²) in [6.07, 6.45) is 1.62. The largest absolute Gasteiger partial charge is 0.345 e. The molecule has 0 spiro atoms. The maximum atomic E-state index is 11.5. The Morgan fingerprint density at radius 3 is 2.46 bits per heavy atom. The molecule has 1 amide bonds. The molecule has 0 radical (unpaired) electrons. The van der Waals surface area contributed by atoms with E-state index in [1.807, 2.05) is 19.9 Å². The van der Waals surface area contributed by atoms with Gasteiger partial charge in [0.25, 0.3) is 5.91 Å². The first-order chi connectivity index (χ1) is 6.02. The van der Waals surface area contributed by atoms with E-state index in [0.717, 1.165) is 11.3 Å². The van der Waals surface area contributed by atoms with Crippen LogP contribution in [0.5, 0.6) is 0 Å². The predicted molar refractivity (Wildman–Crippen MR) is 51.7 cm³/mol. The number of carbonyl (C=O) groups is 1. The number of rotatable bonds is 1. The summed E-state index contributed by atoms with van der Waals surface area (Å²) in [5, 5.41) is 0. The third-order valence-electron chi connectivity index (χ3n) is 1.99. The monoisotopic (exact) mass is 178 g/mol. The molecule has 1 heterocycles. The minimum atomic E-state index is -0.00407. The van der Waals surface area contributed by atoms with Crippen LogP contribution in [0.3, 0.4) is 0 Å². The van der Waals surface area contributed by atoms with Crippen LogP contribution < -0.4 is 0 Å². The van der Waals surface area contributed by atoms with Gasteiger partial charge in [-0.2, -0.15) is 0 Å². The van der Waals surface area contributed by atoms with Crippen LogP contribution in [-0.4, -0.2) is 29.9 Å². The molecule has 0 atom stereocenters. The van der Waals surface area contributed by atoms with Crippen molar-refractivity contribution in [2.45, 2.75) is 13.8 Å². The smallest absolute Gasteiger partial charge is 0.254 e. The van der Waals surface area contributed by atoms with E-state index in [4.69, 9.17) is 0 Å². The van der Waals surface area contributed by atoms with Gasteiger partial charge in [-0.3, -0.25) is 9.78 Å². The molecule has 1 aromatic rings. The quantitative estimate of drug-likeness (QED) is 0.651. The van der Waals surface area contributed by atoms with Crippen LogP contribution in [0.4, 0.5) is 0 Å². The Balaban J connectivity index is 3.04. The minimum absolute atomic E-state index is 0.00407. The van der Waals surface area contributed by atoms with Gasteiger partial charge in [-0.25, -0.2) is 0 Å². The Morgan fingerprint density at radius 1 is 1.38 bits per heavy atom. The lowest BCUT2D eigenvalue weighted by Crippen LogP contribution is -2.22. The van der Waals surface area contributed by atoms with Crippen molar-refractivity contribution in [1.82, 2.24) is 9.88 Å². The molecule has 0 unspecified atom stereocenters. The summed E-state index contributed by atoms with van der Waals surface area (Å²) < 4.78 is 0. The average Bonchev–Trinajstić information content (AvgIpc) is 2.08. The zero-order valence-electron chi connectivity index (χ0n) is 8.46. The van der Waals surface area contributed by atoms with Crippen molar-refractivity contribution in [3.63, 3.8) is 0 Å². The van der Waals surface area contributed by atoms with Crippen LogP contribution in [0.1, 0.15) is 21.6 Å². The van der Waals surface area contributed by atoms with Crippen molar-refractivity contribution in [3.8, 4) is 0 Å².